The van der Waals surface area contributed by atoms with Crippen LogP contribution >= 0.6 is 11.8 Å². The molecule has 0 bridgehead atoms. The van der Waals surface area contributed by atoms with Gasteiger partial charge < -0.3 is 14.6 Å². The molecule has 31 heavy (non-hydrogen) atoms. The van der Waals surface area contributed by atoms with Gasteiger partial charge in [0.1, 0.15) is 5.82 Å². The maximum atomic E-state index is 12.7. The predicted octanol–water partition coefficient (Wildman–Crippen LogP) is 1.60. The maximum Gasteiger partial charge on any atom is 0.243 e. The largest absolute Gasteiger partial charge is 0.379 e. The number of hydrogen-bond donors (Lipinski definition) is 1. The lowest BCUT2D eigenvalue weighted by atomic mass is 10.2. The summed E-state index contributed by atoms with van der Waals surface area (Å²) in [6.07, 6.45) is 2.33. The third kappa shape index (κ3) is 5.28. The summed E-state index contributed by atoms with van der Waals surface area (Å²) in [6.45, 7) is 4.75. The van der Waals surface area contributed by atoms with Gasteiger partial charge in [0.05, 0.1) is 23.9 Å². The van der Waals surface area contributed by atoms with E-state index < -0.39 is 10.0 Å². The SMILES string of the molecule is CCn1c(SCC(=O)NCc2ccc(S(=O)(=O)N3CCOCC3)cc2)nnc1C1CC1. The van der Waals surface area contributed by atoms with Crippen LogP contribution in [0, 0.1) is 0 Å². The molecule has 1 aromatic carbocycles. The second-order valence-corrected chi connectivity index (χ2v) is 10.5. The van der Waals surface area contributed by atoms with Crippen LogP contribution in [-0.2, 0) is 32.6 Å². The average molecular weight is 466 g/mol. The summed E-state index contributed by atoms with van der Waals surface area (Å²) >= 11 is 1.38. The van der Waals surface area contributed by atoms with E-state index in [0.29, 0.717) is 38.8 Å². The predicted molar refractivity (Wildman–Crippen MR) is 116 cm³/mol. The highest BCUT2D eigenvalue weighted by molar-refractivity contribution is 7.99. The van der Waals surface area contributed by atoms with E-state index in [2.05, 4.69) is 27.0 Å². The molecule has 1 saturated heterocycles. The lowest BCUT2D eigenvalue weighted by Gasteiger charge is -2.26. The first-order valence-corrected chi connectivity index (χ1v) is 12.9. The van der Waals surface area contributed by atoms with Gasteiger partial charge in [0.15, 0.2) is 5.16 Å². The minimum absolute atomic E-state index is 0.103. The highest BCUT2D eigenvalue weighted by Gasteiger charge is 2.30. The fourth-order valence-corrected chi connectivity index (χ4v) is 5.69. The molecule has 1 amide bonds. The summed E-state index contributed by atoms with van der Waals surface area (Å²) in [5, 5.41) is 12.2. The molecule has 11 heteroatoms. The number of hydrogen-bond acceptors (Lipinski definition) is 7. The molecule has 9 nitrogen and oxygen atoms in total. The van der Waals surface area contributed by atoms with Crippen LogP contribution < -0.4 is 5.32 Å². The molecule has 1 aliphatic carbocycles. The van der Waals surface area contributed by atoms with E-state index in [0.717, 1.165) is 35.9 Å². The first kappa shape index (κ1) is 22.3. The summed E-state index contributed by atoms with van der Waals surface area (Å²) in [4.78, 5) is 12.5. The number of thioether (sulfide) groups is 1. The lowest BCUT2D eigenvalue weighted by Crippen LogP contribution is -2.40. The molecule has 2 heterocycles. The van der Waals surface area contributed by atoms with Crippen LogP contribution in [0.2, 0.25) is 0 Å². The van der Waals surface area contributed by atoms with Crippen molar-refractivity contribution in [2.45, 2.75) is 48.8 Å². The number of rotatable bonds is 9. The normalized spacial score (nSPS) is 17.6. The molecule has 1 aromatic heterocycles. The standard InChI is InChI=1S/C20H27N5O4S2/c1-2-25-19(16-5-6-16)22-23-20(25)30-14-18(26)21-13-15-3-7-17(8-4-15)31(27,28)24-9-11-29-12-10-24/h3-4,7-8,16H,2,5-6,9-14H2,1H3,(H,21,26). The number of carbonyl (C=O) groups excluding carboxylic acids is 1. The number of aromatic nitrogens is 3. The van der Waals surface area contributed by atoms with Crippen LogP contribution in [0.4, 0.5) is 0 Å². The van der Waals surface area contributed by atoms with Gasteiger partial charge in [-0.2, -0.15) is 4.31 Å². The molecule has 1 N–H and O–H groups in total. The molecule has 4 rings (SSSR count). The molecule has 2 fully saturated rings. The quantitative estimate of drug-likeness (QED) is 0.561. The van der Waals surface area contributed by atoms with Crippen LogP contribution in [0.3, 0.4) is 0 Å². The van der Waals surface area contributed by atoms with Gasteiger partial charge in [0.25, 0.3) is 0 Å². The van der Waals surface area contributed by atoms with Gasteiger partial charge in [-0.3, -0.25) is 4.79 Å². The number of ether oxygens (including phenoxy) is 1. The Morgan fingerprint density at radius 2 is 1.90 bits per heavy atom. The monoisotopic (exact) mass is 465 g/mol. The van der Waals surface area contributed by atoms with E-state index >= 15 is 0 Å². The van der Waals surface area contributed by atoms with Gasteiger partial charge in [-0.25, -0.2) is 8.42 Å². The van der Waals surface area contributed by atoms with Crippen LogP contribution in [0.1, 0.15) is 37.1 Å². The Bertz CT molecular complexity index is 1010. The van der Waals surface area contributed by atoms with Gasteiger partial charge in [0, 0.05) is 32.1 Å². The number of morpholine rings is 1. The summed E-state index contributed by atoms with van der Waals surface area (Å²) < 4.78 is 34.1. The number of amides is 1. The summed E-state index contributed by atoms with van der Waals surface area (Å²) in [5.74, 6) is 1.70. The Morgan fingerprint density at radius 3 is 2.55 bits per heavy atom. The minimum atomic E-state index is -3.51. The van der Waals surface area contributed by atoms with Crippen molar-refractivity contribution in [1.29, 1.82) is 0 Å². The Balaban J connectivity index is 1.28. The summed E-state index contributed by atoms with van der Waals surface area (Å²) in [5.41, 5.74) is 0.840. The van der Waals surface area contributed by atoms with Crippen molar-refractivity contribution >= 4 is 27.7 Å². The Hall–Kier alpha value is -1.95. The van der Waals surface area contributed by atoms with E-state index in [-0.39, 0.29) is 16.6 Å². The topological polar surface area (TPSA) is 106 Å². The van der Waals surface area contributed by atoms with Crippen LogP contribution in [-0.4, -0.2) is 65.5 Å². The first-order chi connectivity index (χ1) is 15.0. The maximum absolute atomic E-state index is 12.7. The Morgan fingerprint density at radius 1 is 1.19 bits per heavy atom. The second kappa shape index (κ2) is 9.68. The fraction of sp³-hybridized carbons (Fsp3) is 0.550. The molecule has 0 radical (unpaired) electrons. The van der Waals surface area contributed by atoms with Crippen molar-refractivity contribution < 1.29 is 17.9 Å². The zero-order chi connectivity index (χ0) is 21.8. The highest BCUT2D eigenvalue weighted by Crippen LogP contribution is 2.39. The number of carbonyl (C=O) groups is 1. The van der Waals surface area contributed by atoms with Gasteiger partial charge >= 0.3 is 0 Å². The zero-order valence-corrected chi connectivity index (χ0v) is 19.1. The van der Waals surface area contributed by atoms with Crippen molar-refractivity contribution in [2.75, 3.05) is 32.1 Å². The third-order valence-electron chi connectivity index (χ3n) is 5.36. The number of nitrogens with zero attached hydrogens (tertiary/aromatic N) is 4. The fourth-order valence-electron chi connectivity index (χ4n) is 3.44. The van der Waals surface area contributed by atoms with Crippen molar-refractivity contribution in [1.82, 2.24) is 24.4 Å². The molecule has 2 aliphatic rings. The van der Waals surface area contributed by atoms with Gasteiger partial charge in [-0.15, -0.1) is 10.2 Å². The van der Waals surface area contributed by atoms with E-state index in [1.165, 1.54) is 16.1 Å². The van der Waals surface area contributed by atoms with Crippen LogP contribution in [0.25, 0.3) is 0 Å². The van der Waals surface area contributed by atoms with Crippen molar-refractivity contribution in [3.63, 3.8) is 0 Å². The minimum Gasteiger partial charge on any atom is -0.379 e. The molecule has 1 saturated carbocycles. The van der Waals surface area contributed by atoms with Crippen LogP contribution in [0.5, 0.6) is 0 Å². The molecule has 2 aromatic rings. The third-order valence-corrected chi connectivity index (χ3v) is 8.24. The van der Waals surface area contributed by atoms with Crippen molar-refractivity contribution in [3.05, 3.63) is 35.7 Å². The van der Waals surface area contributed by atoms with Crippen molar-refractivity contribution in [2.24, 2.45) is 0 Å². The number of sulfonamides is 1. The van der Waals surface area contributed by atoms with E-state index in [1.54, 1.807) is 24.3 Å². The average Bonchev–Trinajstić information content (AvgIpc) is 3.56. The molecule has 0 spiro atoms. The summed E-state index contributed by atoms with van der Waals surface area (Å²) in [7, 11) is -3.51. The molecular formula is C20H27N5O4S2. The Labute approximate surface area is 186 Å². The number of benzene rings is 1. The number of nitrogens with one attached hydrogen (secondary N) is 1. The molecule has 0 atom stereocenters. The van der Waals surface area contributed by atoms with Crippen molar-refractivity contribution in [3.8, 4) is 0 Å². The zero-order valence-electron chi connectivity index (χ0n) is 17.5. The summed E-state index contributed by atoms with van der Waals surface area (Å²) in [6, 6.07) is 6.64. The van der Waals surface area contributed by atoms with E-state index in [9.17, 15) is 13.2 Å². The van der Waals surface area contributed by atoms with Gasteiger partial charge in [0.2, 0.25) is 15.9 Å². The molecule has 0 unspecified atom stereocenters. The highest BCUT2D eigenvalue weighted by atomic mass is 32.2. The van der Waals surface area contributed by atoms with Crippen LogP contribution in [0.15, 0.2) is 34.3 Å². The Kier molecular flexibility index (Phi) is 6.95. The van der Waals surface area contributed by atoms with Gasteiger partial charge in [-0.1, -0.05) is 23.9 Å². The smallest absolute Gasteiger partial charge is 0.243 e. The van der Waals surface area contributed by atoms with E-state index in [4.69, 9.17) is 4.74 Å². The first-order valence-electron chi connectivity index (χ1n) is 10.5. The second-order valence-electron chi connectivity index (χ2n) is 7.59. The van der Waals surface area contributed by atoms with Gasteiger partial charge in [-0.05, 0) is 37.5 Å². The molecular weight excluding hydrogens is 438 g/mol. The molecule has 1 aliphatic heterocycles. The molecule has 168 valence electrons. The lowest BCUT2D eigenvalue weighted by molar-refractivity contribution is -0.118. The van der Waals surface area contributed by atoms with E-state index in [1.807, 2.05) is 0 Å².